The van der Waals surface area contributed by atoms with Crippen molar-refractivity contribution in [3.63, 3.8) is 0 Å². The SMILES string of the molecule is COc1cc(N2CCC(N3CCN(C)CC3)CC2)c(-c2ccn(C)c2)cc1Nc1ncc(Br)c(Nc2ccc(C3CC3)cc2P(C)(C)=O)n1. The topological polar surface area (TPSA) is 90.8 Å². The summed E-state index contributed by atoms with van der Waals surface area (Å²) in [5.41, 5.74) is 6.31. The van der Waals surface area contributed by atoms with Crippen LogP contribution in [0.3, 0.4) is 0 Å². The smallest absolute Gasteiger partial charge is 0.229 e. The van der Waals surface area contributed by atoms with Crippen LogP contribution in [-0.2, 0) is 11.6 Å². The van der Waals surface area contributed by atoms with E-state index in [1.807, 2.05) is 19.4 Å². The lowest BCUT2D eigenvalue weighted by molar-refractivity contribution is 0.0982. The minimum Gasteiger partial charge on any atom is -0.494 e. The molecule has 0 spiro atoms. The van der Waals surface area contributed by atoms with Crippen molar-refractivity contribution in [3.8, 4) is 16.9 Å². The Morgan fingerprint density at radius 2 is 1.67 bits per heavy atom. The first kappa shape index (κ1) is 34.1. The molecule has 0 unspecified atom stereocenters. The number of benzene rings is 2. The van der Waals surface area contributed by atoms with Gasteiger partial charge in [0, 0.05) is 99.1 Å². The number of ether oxygens (including phenoxy) is 1. The number of piperidine rings is 1. The molecule has 7 rings (SSSR count). The van der Waals surface area contributed by atoms with Crippen LogP contribution in [0.15, 0.2) is 59.5 Å². The summed E-state index contributed by atoms with van der Waals surface area (Å²) in [5, 5.41) is 7.75. The second-order valence-corrected chi connectivity index (χ2v) is 18.3. The molecule has 260 valence electrons. The van der Waals surface area contributed by atoms with Crippen molar-refractivity contribution in [1.29, 1.82) is 0 Å². The maximum Gasteiger partial charge on any atom is 0.229 e. The minimum atomic E-state index is -2.55. The van der Waals surface area contributed by atoms with E-state index in [4.69, 9.17) is 9.72 Å². The van der Waals surface area contributed by atoms with Crippen molar-refractivity contribution < 1.29 is 9.30 Å². The van der Waals surface area contributed by atoms with E-state index in [9.17, 15) is 4.57 Å². The predicted molar refractivity (Wildman–Crippen MR) is 206 cm³/mol. The molecule has 2 aromatic carbocycles. The predicted octanol–water partition coefficient (Wildman–Crippen LogP) is 7.08. The Morgan fingerprint density at radius 3 is 2.33 bits per heavy atom. The lowest BCUT2D eigenvalue weighted by Crippen LogP contribution is -2.52. The van der Waals surface area contributed by atoms with Gasteiger partial charge >= 0.3 is 0 Å². The van der Waals surface area contributed by atoms with Gasteiger partial charge in [-0.25, -0.2) is 4.98 Å². The number of piperazine rings is 1. The standard InChI is InChI=1S/C37H48BrN8O2P/c1-43-16-18-45(19-17-43)28-11-14-46(15-12-28)33-22-34(48-3)32(21-29(33)27-10-13-44(2)24-27)41-37-39-23-30(38)36(42-37)40-31-9-8-26(25-6-7-25)20-35(31)49(4,5)47/h8-10,13,20-25,28H,6-7,11-12,14-19H2,1-5H3,(H2,39,40,41,42). The number of hydrogen-bond acceptors (Lipinski definition) is 9. The zero-order valence-corrected chi connectivity index (χ0v) is 31.7. The van der Waals surface area contributed by atoms with Gasteiger partial charge in [-0.3, -0.25) is 4.90 Å². The molecular weight excluding hydrogens is 699 g/mol. The molecule has 12 heteroatoms. The number of anilines is 5. The van der Waals surface area contributed by atoms with E-state index in [1.165, 1.54) is 24.1 Å². The number of nitrogens with one attached hydrogen (secondary N) is 2. The molecule has 0 radical (unpaired) electrons. The largest absolute Gasteiger partial charge is 0.494 e. The Labute approximate surface area is 298 Å². The van der Waals surface area contributed by atoms with Crippen molar-refractivity contribution in [2.75, 3.05) is 82.3 Å². The molecule has 1 aliphatic carbocycles. The number of aryl methyl sites for hydroxylation is 1. The Morgan fingerprint density at radius 1 is 0.918 bits per heavy atom. The average molecular weight is 748 g/mol. The molecule has 0 bridgehead atoms. The van der Waals surface area contributed by atoms with E-state index in [1.54, 1.807) is 13.3 Å². The monoisotopic (exact) mass is 746 g/mol. The molecule has 3 fully saturated rings. The van der Waals surface area contributed by atoms with E-state index in [-0.39, 0.29) is 0 Å². The molecule has 2 saturated heterocycles. The zero-order valence-electron chi connectivity index (χ0n) is 29.2. The van der Waals surface area contributed by atoms with E-state index in [2.05, 4.69) is 108 Å². The molecule has 4 aromatic rings. The van der Waals surface area contributed by atoms with Gasteiger partial charge < -0.3 is 34.3 Å². The van der Waals surface area contributed by atoms with Crippen molar-refractivity contribution in [3.05, 3.63) is 65.0 Å². The second-order valence-electron chi connectivity index (χ2n) is 14.2. The van der Waals surface area contributed by atoms with Crippen LogP contribution in [0.1, 0.15) is 37.2 Å². The van der Waals surface area contributed by atoms with Gasteiger partial charge in [-0.1, -0.05) is 6.07 Å². The van der Waals surface area contributed by atoms with Crippen LogP contribution < -0.4 is 25.6 Å². The van der Waals surface area contributed by atoms with Crippen molar-refractivity contribution in [2.24, 2.45) is 7.05 Å². The van der Waals surface area contributed by atoms with E-state index in [0.717, 1.165) is 85.7 Å². The number of halogens is 1. The summed E-state index contributed by atoms with van der Waals surface area (Å²) >= 11 is 3.63. The fourth-order valence-corrected chi connectivity index (χ4v) is 8.64. The van der Waals surface area contributed by atoms with Crippen LogP contribution in [-0.4, -0.2) is 97.1 Å². The molecule has 1 saturated carbocycles. The van der Waals surface area contributed by atoms with E-state index in [0.29, 0.717) is 28.2 Å². The highest BCUT2D eigenvalue weighted by Crippen LogP contribution is 2.45. The van der Waals surface area contributed by atoms with Gasteiger partial charge in [-0.15, -0.1) is 0 Å². The molecule has 0 amide bonds. The summed E-state index contributed by atoms with van der Waals surface area (Å²) < 4.78 is 22.1. The van der Waals surface area contributed by atoms with Crippen LogP contribution in [0.25, 0.3) is 11.1 Å². The number of methoxy groups -OCH3 is 1. The fraction of sp³-hybridized carbons (Fsp3) is 0.459. The Hall–Kier alpha value is -3.37. The maximum atomic E-state index is 13.4. The third-order valence-electron chi connectivity index (χ3n) is 10.2. The molecular formula is C37H48BrN8O2P. The molecule has 2 aliphatic heterocycles. The number of hydrogen-bond donors (Lipinski definition) is 2. The summed E-state index contributed by atoms with van der Waals surface area (Å²) in [5.74, 6) is 2.33. The van der Waals surface area contributed by atoms with Crippen LogP contribution in [0.4, 0.5) is 28.8 Å². The number of nitrogens with zero attached hydrogens (tertiary/aromatic N) is 6. The molecule has 4 heterocycles. The first-order chi connectivity index (χ1) is 23.6. The summed E-state index contributed by atoms with van der Waals surface area (Å²) in [4.78, 5) is 17.1. The number of likely N-dealkylation sites (N-methyl/N-ethyl adjacent to an activating group) is 1. The van der Waals surface area contributed by atoms with Gasteiger partial charge in [0.2, 0.25) is 5.95 Å². The first-order valence-electron chi connectivity index (χ1n) is 17.3. The van der Waals surface area contributed by atoms with Crippen LogP contribution in [0.2, 0.25) is 0 Å². The van der Waals surface area contributed by atoms with Crippen molar-refractivity contribution in [2.45, 2.75) is 37.6 Å². The highest BCUT2D eigenvalue weighted by Gasteiger charge is 2.29. The molecule has 2 N–H and O–H groups in total. The van der Waals surface area contributed by atoms with Gasteiger partial charge in [0.15, 0.2) is 0 Å². The van der Waals surface area contributed by atoms with E-state index < -0.39 is 7.14 Å². The van der Waals surface area contributed by atoms with Gasteiger partial charge in [0.05, 0.1) is 23.0 Å². The lowest BCUT2D eigenvalue weighted by Gasteiger charge is -2.43. The Kier molecular flexibility index (Phi) is 9.81. The normalized spacial score (nSPS) is 18.1. The Balaban J connectivity index is 1.16. The third-order valence-corrected chi connectivity index (χ3v) is 12.3. The average Bonchev–Trinajstić information content (AvgIpc) is 3.85. The number of rotatable bonds is 10. The first-order valence-corrected chi connectivity index (χ1v) is 20.7. The fourth-order valence-electron chi connectivity index (χ4n) is 7.18. The molecule has 0 atom stereocenters. The van der Waals surface area contributed by atoms with Crippen LogP contribution >= 0.6 is 23.1 Å². The lowest BCUT2D eigenvalue weighted by atomic mass is 9.98. The highest BCUT2D eigenvalue weighted by atomic mass is 79.9. The highest BCUT2D eigenvalue weighted by molar-refractivity contribution is 9.10. The Bertz CT molecular complexity index is 1860. The quantitative estimate of drug-likeness (QED) is 0.165. The molecule has 3 aliphatic rings. The van der Waals surface area contributed by atoms with Crippen LogP contribution in [0.5, 0.6) is 5.75 Å². The summed E-state index contributed by atoms with van der Waals surface area (Å²) in [6, 6.07) is 13.4. The van der Waals surface area contributed by atoms with Crippen LogP contribution in [0, 0.1) is 0 Å². The minimum absolute atomic E-state index is 0.427. The summed E-state index contributed by atoms with van der Waals surface area (Å²) in [7, 11) is 3.43. The summed E-state index contributed by atoms with van der Waals surface area (Å²) in [6.07, 6.45) is 10.7. The molecule has 2 aromatic heterocycles. The van der Waals surface area contributed by atoms with Gasteiger partial charge in [0.25, 0.3) is 0 Å². The van der Waals surface area contributed by atoms with Crippen molar-refractivity contribution in [1.82, 2.24) is 24.3 Å². The molecule has 10 nitrogen and oxygen atoms in total. The molecule has 49 heavy (non-hydrogen) atoms. The summed E-state index contributed by atoms with van der Waals surface area (Å²) in [6.45, 7) is 10.3. The second kappa shape index (κ2) is 14.1. The third kappa shape index (κ3) is 7.70. The van der Waals surface area contributed by atoms with Gasteiger partial charge in [0.1, 0.15) is 18.7 Å². The van der Waals surface area contributed by atoms with E-state index >= 15 is 0 Å². The zero-order chi connectivity index (χ0) is 34.3. The van der Waals surface area contributed by atoms with Crippen molar-refractivity contribution >= 4 is 57.2 Å². The number of aromatic nitrogens is 3. The van der Waals surface area contributed by atoms with Gasteiger partial charge in [-0.2, -0.15) is 4.98 Å². The maximum absolute atomic E-state index is 13.4. The van der Waals surface area contributed by atoms with Gasteiger partial charge in [-0.05, 0) is 97.7 Å².